The van der Waals surface area contributed by atoms with Crippen LogP contribution in [-0.2, 0) is 4.79 Å². The lowest BCUT2D eigenvalue weighted by atomic mass is 9.99. The number of piperazine rings is 1. The van der Waals surface area contributed by atoms with Crippen LogP contribution in [0.5, 0.6) is 5.75 Å². The molecule has 2 aromatic carbocycles. The van der Waals surface area contributed by atoms with Crippen molar-refractivity contribution in [2.75, 3.05) is 36.4 Å². The molecular formula is C26H30FN5O2. The molecule has 0 bridgehead atoms. The van der Waals surface area contributed by atoms with Crippen LogP contribution >= 0.6 is 0 Å². The second-order valence-corrected chi connectivity index (χ2v) is 9.52. The minimum Gasteiger partial charge on any atom is -0.507 e. The second kappa shape index (κ2) is 9.38. The Hall–Kier alpha value is -3.52. The third-order valence-electron chi connectivity index (χ3n) is 6.04. The number of anilines is 2. The molecular weight excluding hydrogens is 433 g/mol. The van der Waals surface area contributed by atoms with Crippen molar-refractivity contribution < 1.29 is 14.3 Å². The van der Waals surface area contributed by atoms with Gasteiger partial charge < -0.3 is 15.3 Å². The highest BCUT2D eigenvalue weighted by atomic mass is 19.1. The van der Waals surface area contributed by atoms with Gasteiger partial charge in [0.15, 0.2) is 5.82 Å². The van der Waals surface area contributed by atoms with Crippen molar-refractivity contribution in [2.24, 2.45) is 0 Å². The number of carbonyl (C=O) groups is 1. The monoisotopic (exact) mass is 463 g/mol. The van der Waals surface area contributed by atoms with Gasteiger partial charge in [-0.1, -0.05) is 12.1 Å². The maximum atomic E-state index is 14.6. The molecule has 1 aliphatic heterocycles. The number of aromatic hydroxyl groups is 1. The Bertz CT molecular complexity index is 1180. The molecule has 3 aromatic rings. The van der Waals surface area contributed by atoms with E-state index in [1.165, 1.54) is 31.5 Å². The number of benzene rings is 2. The second-order valence-electron chi connectivity index (χ2n) is 9.52. The van der Waals surface area contributed by atoms with Gasteiger partial charge in [0, 0.05) is 49.9 Å². The summed E-state index contributed by atoms with van der Waals surface area (Å²) in [5.74, 6) is -0.668. The van der Waals surface area contributed by atoms with Gasteiger partial charge in [0.05, 0.1) is 23.6 Å². The molecule has 2 N–H and O–H groups in total. The summed E-state index contributed by atoms with van der Waals surface area (Å²) in [5.41, 5.74) is 2.87. The maximum Gasteiger partial charge on any atom is 0.221 e. The van der Waals surface area contributed by atoms with Crippen molar-refractivity contribution in [3.63, 3.8) is 0 Å². The molecule has 1 aliphatic rings. The van der Waals surface area contributed by atoms with Crippen LogP contribution in [0.4, 0.5) is 15.8 Å². The molecule has 34 heavy (non-hydrogen) atoms. The first kappa shape index (κ1) is 23.6. The predicted octanol–water partition coefficient (Wildman–Crippen LogP) is 4.53. The molecule has 1 saturated heterocycles. The lowest BCUT2D eigenvalue weighted by Gasteiger charge is -2.43. The molecule has 1 aromatic heterocycles. The average molecular weight is 464 g/mol. The van der Waals surface area contributed by atoms with Gasteiger partial charge in [0.1, 0.15) is 11.6 Å². The molecule has 0 spiro atoms. The number of amides is 1. The van der Waals surface area contributed by atoms with Gasteiger partial charge in [-0.15, -0.1) is 0 Å². The Labute approximate surface area is 199 Å². The lowest BCUT2D eigenvalue weighted by molar-refractivity contribution is -0.114. The number of nitrogens with one attached hydrogen (secondary N) is 1. The molecule has 4 rings (SSSR count). The number of rotatable bonds is 4. The number of nitrogens with zero attached hydrogens (tertiary/aromatic N) is 4. The molecule has 8 heteroatoms. The van der Waals surface area contributed by atoms with Crippen LogP contribution < -0.4 is 10.2 Å². The van der Waals surface area contributed by atoms with E-state index in [9.17, 15) is 14.3 Å². The van der Waals surface area contributed by atoms with E-state index in [1.54, 1.807) is 0 Å². The molecule has 0 atom stereocenters. The van der Waals surface area contributed by atoms with Crippen LogP contribution in [0.1, 0.15) is 27.7 Å². The van der Waals surface area contributed by atoms with E-state index in [-0.39, 0.29) is 28.6 Å². The Balaban J connectivity index is 1.62. The van der Waals surface area contributed by atoms with E-state index >= 15 is 0 Å². The number of aromatic nitrogens is 2. The van der Waals surface area contributed by atoms with Crippen LogP contribution in [0.2, 0.25) is 0 Å². The molecule has 2 heterocycles. The normalized spacial score (nSPS) is 14.8. The van der Waals surface area contributed by atoms with Gasteiger partial charge in [-0.25, -0.2) is 14.4 Å². The van der Waals surface area contributed by atoms with Gasteiger partial charge in [-0.05, 0) is 50.6 Å². The van der Waals surface area contributed by atoms with Crippen LogP contribution in [-0.4, -0.2) is 57.6 Å². The summed E-state index contributed by atoms with van der Waals surface area (Å²) in [6.07, 6.45) is 2.84. The van der Waals surface area contributed by atoms with Gasteiger partial charge in [-0.3, -0.25) is 9.69 Å². The Morgan fingerprint density at radius 2 is 1.68 bits per heavy atom. The molecule has 0 unspecified atom stereocenters. The van der Waals surface area contributed by atoms with Crippen molar-refractivity contribution in [3.8, 4) is 28.3 Å². The van der Waals surface area contributed by atoms with Crippen molar-refractivity contribution in [3.05, 3.63) is 54.6 Å². The van der Waals surface area contributed by atoms with E-state index in [0.717, 1.165) is 31.9 Å². The Morgan fingerprint density at radius 1 is 1.03 bits per heavy atom. The van der Waals surface area contributed by atoms with Gasteiger partial charge >= 0.3 is 0 Å². The fourth-order valence-corrected chi connectivity index (χ4v) is 4.23. The molecule has 1 fully saturated rings. The van der Waals surface area contributed by atoms with Crippen molar-refractivity contribution in [1.29, 1.82) is 0 Å². The molecule has 0 saturated carbocycles. The molecule has 1 amide bonds. The number of phenolic OH excluding ortho intramolecular Hbond substituents is 1. The quantitative estimate of drug-likeness (QED) is 0.592. The number of phenols is 1. The van der Waals surface area contributed by atoms with Gasteiger partial charge in [0.25, 0.3) is 0 Å². The van der Waals surface area contributed by atoms with Crippen molar-refractivity contribution in [1.82, 2.24) is 14.9 Å². The van der Waals surface area contributed by atoms with E-state index in [1.807, 2.05) is 24.3 Å². The summed E-state index contributed by atoms with van der Waals surface area (Å²) in [7, 11) is 0. The standard InChI is InChI=1S/C26H30FN5O2/c1-17(33)30-20-15-28-25(29-16-20)23-14-19(27)13-22(24(23)34)18-6-5-7-21(12-18)31-8-10-32(11-9-31)26(2,3)4/h5-7,12-16,34H,8-11H2,1-4H3,(H,30,33). The number of hydrogen-bond acceptors (Lipinski definition) is 6. The summed E-state index contributed by atoms with van der Waals surface area (Å²) < 4.78 is 14.6. The first-order valence-electron chi connectivity index (χ1n) is 11.3. The lowest BCUT2D eigenvalue weighted by Crippen LogP contribution is -2.53. The van der Waals surface area contributed by atoms with E-state index in [4.69, 9.17) is 0 Å². The third kappa shape index (κ3) is 5.17. The molecule has 7 nitrogen and oxygen atoms in total. The highest BCUT2D eigenvalue weighted by Gasteiger charge is 2.26. The van der Waals surface area contributed by atoms with Crippen LogP contribution in [0.15, 0.2) is 48.8 Å². The van der Waals surface area contributed by atoms with Crippen molar-refractivity contribution in [2.45, 2.75) is 33.2 Å². The smallest absolute Gasteiger partial charge is 0.221 e. The minimum atomic E-state index is -0.499. The fraction of sp³-hybridized carbons (Fsp3) is 0.346. The summed E-state index contributed by atoms with van der Waals surface area (Å²) in [6.45, 7) is 11.8. The highest BCUT2D eigenvalue weighted by Crippen LogP contribution is 2.39. The summed E-state index contributed by atoms with van der Waals surface area (Å²) in [4.78, 5) is 24.4. The van der Waals surface area contributed by atoms with E-state index in [0.29, 0.717) is 16.8 Å². The van der Waals surface area contributed by atoms with Gasteiger partial charge in [-0.2, -0.15) is 0 Å². The first-order valence-corrected chi connectivity index (χ1v) is 11.3. The third-order valence-corrected chi connectivity index (χ3v) is 6.04. The minimum absolute atomic E-state index is 0.0941. The number of hydrogen-bond donors (Lipinski definition) is 2. The Kier molecular flexibility index (Phi) is 6.52. The van der Waals surface area contributed by atoms with E-state index in [2.05, 4.69) is 45.9 Å². The predicted molar refractivity (Wildman–Crippen MR) is 132 cm³/mol. The maximum absolute atomic E-state index is 14.6. The van der Waals surface area contributed by atoms with E-state index < -0.39 is 5.82 Å². The summed E-state index contributed by atoms with van der Waals surface area (Å²) in [5, 5.41) is 13.6. The van der Waals surface area contributed by atoms with Crippen molar-refractivity contribution >= 4 is 17.3 Å². The zero-order valence-electron chi connectivity index (χ0n) is 20.0. The number of halogens is 1. The SMILES string of the molecule is CC(=O)Nc1cnc(-c2cc(F)cc(-c3cccc(N4CCN(C(C)(C)C)CC4)c3)c2O)nc1. The molecule has 0 radical (unpaired) electrons. The zero-order chi connectivity index (χ0) is 24.5. The molecule has 178 valence electrons. The summed E-state index contributed by atoms with van der Waals surface area (Å²) in [6, 6.07) is 10.3. The van der Waals surface area contributed by atoms with Crippen LogP contribution in [0.3, 0.4) is 0 Å². The van der Waals surface area contributed by atoms with Gasteiger partial charge in [0.2, 0.25) is 5.91 Å². The summed E-state index contributed by atoms with van der Waals surface area (Å²) >= 11 is 0. The fourth-order valence-electron chi connectivity index (χ4n) is 4.23. The molecule has 0 aliphatic carbocycles. The highest BCUT2D eigenvalue weighted by molar-refractivity contribution is 5.88. The topological polar surface area (TPSA) is 81.6 Å². The van der Waals surface area contributed by atoms with Crippen LogP contribution in [0, 0.1) is 5.82 Å². The number of carbonyl (C=O) groups excluding carboxylic acids is 1. The average Bonchev–Trinajstić information content (AvgIpc) is 2.80. The Morgan fingerprint density at radius 3 is 2.29 bits per heavy atom. The zero-order valence-corrected chi connectivity index (χ0v) is 20.0. The first-order chi connectivity index (χ1) is 16.1. The largest absolute Gasteiger partial charge is 0.507 e. The van der Waals surface area contributed by atoms with Crippen LogP contribution in [0.25, 0.3) is 22.5 Å².